The summed E-state index contributed by atoms with van der Waals surface area (Å²) in [5, 5.41) is 2.84. The molecule has 0 unspecified atom stereocenters. The van der Waals surface area contributed by atoms with Gasteiger partial charge in [-0.05, 0) is 49.8 Å². The normalized spacial score (nSPS) is 15.9. The summed E-state index contributed by atoms with van der Waals surface area (Å²) in [7, 11) is 0. The minimum absolute atomic E-state index is 0.139. The van der Waals surface area contributed by atoms with E-state index in [1.165, 1.54) is 6.08 Å². The lowest BCUT2D eigenvalue weighted by atomic mass is 10.2. The highest BCUT2D eigenvalue weighted by atomic mass is 16.6. The second-order valence-corrected chi connectivity index (χ2v) is 6.31. The van der Waals surface area contributed by atoms with Crippen LogP contribution in [0.2, 0.25) is 0 Å². The fourth-order valence-corrected chi connectivity index (χ4v) is 2.54. The summed E-state index contributed by atoms with van der Waals surface area (Å²) in [5.41, 5.74) is 0.933. The molecule has 0 aromatic heterocycles. The standard InChI is InChI=1S/C21H23NO4/c1-15(2)25-17-10-7-16(8-11-17)9-12-21(23)22-13-18-14-24-19-5-3-4-6-20(19)26-18/h3-12,15,18H,13-14H2,1-2H3,(H,22,23)/b12-9+/t18-/m0/s1. The van der Waals surface area contributed by atoms with Gasteiger partial charge in [-0.2, -0.15) is 0 Å². The van der Waals surface area contributed by atoms with Crippen LogP contribution >= 0.6 is 0 Å². The third-order valence-corrected chi connectivity index (χ3v) is 3.75. The van der Waals surface area contributed by atoms with Crippen LogP contribution in [0.3, 0.4) is 0 Å². The van der Waals surface area contributed by atoms with Crippen molar-refractivity contribution < 1.29 is 19.0 Å². The molecular formula is C21H23NO4. The van der Waals surface area contributed by atoms with Crippen LogP contribution < -0.4 is 19.5 Å². The molecule has 1 aliphatic heterocycles. The highest BCUT2D eigenvalue weighted by Gasteiger charge is 2.20. The first-order valence-electron chi connectivity index (χ1n) is 8.71. The van der Waals surface area contributed by atoms with Crippen molar-refractivity contribution in [1.82, 2.24) is 5.32 Å². The second kappa shape index (κ2) is 8.43. The zero-order chi connectivity index (χ0) is 18.4. The van der Waals surface area contributed by atoms with Gasteiger partial charge in [0.25, 0.3) is 0 Å². The van der Waals surface area contributed by atoms with Crippen molar-refractivity contribution in [3.63, 3.8) is 0 Å². The van der Waals surface area contributed by atoms with Crippen LogP contribution in [0.1, 0.15) is 19.4 Å². The Bertz CT molecular complexity index is 768. The number of rotatable bonds is 6. The Morgan fingerprint density at radius 3 is 2.65 bits per heavy atom. The van der Waals surface area contributed by atoms with Crippen LogP contribution in [0, 0.1) is 0 Å². The average Bonchev–Trinajstić information content (AvgIpc) is 2.65. The number of carbonyl (C=O) groups excluding carboxylic acids is 1. The quantitative estimate of drug-likeness (QED) is 0.808. The van der Waals surface area contributed by atoms with Gasteiger partial charge in [0.1, 0.15) is 18.5 Å². The maximum atomic E-state index is 12.0. The summed E-state index contributed by atoms with van der Waals surface area (Å²) in [6.45, 7) is 4.77. The van der Waals surface area contributed by atoms with Crippen LogP contribution in [0.4, 0.5) is 0 Å². The zero-order valence-corrected chi connectivity index (χ0v) is 15.0. The highest BCUT2D eigenvalue weighted by molar-refractivity contribution is 5.91. The van der Waals surface area contributed by atoms with Gasteiger partial charge in [0.05, 0.1) is 12.6 Å². The Labute approximate surface area is 153 Å². The minimum Gasteiger partial charge on any atom is -0.491 e. The molecule has 0 spiro atoms. The monoisotopic (exact) mass is 353 g/mol. The van der Waals surface area contributed by atoms with Crippen LogP contribution in [-0.4, -0.2) is 31.3 Å². The van der Waals surface area contributed by atoms with Crippen LogP contribution in [0.5, 0.6) is 17.2 Å². The predicted molar refractivity (Wildman–Crippen MR) is 101 cm³/mol. The molecule has 1 heterocycles. The molecule has 1 amide bonds. The molecule has 26 heavy (non-hydrogen) atoms. The van der Waals surface area contributed by atoms with E-state index >= 15 is 0 Å². The van der Waals surface area contributed by atoms with Crippen molar-refractivity contribution in [3.8, 4) is 17.2 Å². The molecule has 2 aromatic rings. The lowest BCUT2D eigenvalue weighted by molar-refractivity contribution is -0.116. The van der Waals surface area contributed by atoms with Gasteiger partial charge in [0, 0.05) is 6.08 Å². The first-order valence-corrected chi connectivity index (χ1v) is 8.71. The minimum atomic E-state index is -0.199. The van der Waals surface area contributed by atoms with E-state index in [1.807, 2.05) is 62.4 Å². The fraction of sp³-hybridized carbons (Fsp3) is 0.286. The largest absolute Gasteiger partial charge is 0.491 e. The zero-order valence-electron chi connectivity index (χ0n) is 15.0. The summed E-state index contributed by atoms with van der Waals surface area (Å²) in [4.78, 5) is 12.0. The third-order valence-electron chi connectivity index (χ3n) is 3.75. The van der Waals surface area contributed by atoms with Crippen molar-refractivity contribution in [2.45, 2.75) is 26.1 Å². The van der Waals surface area contributed by atoms with E-state index in [-0.39, 0.29) is 18.1 Å². The summed E-state index contributed by atoms with van der Waals surface area (Å²) in [5.74, 6) is 2.09. The SMILES string of the molecule is CC(C)Oc1ccc(/C=C/C(=O)NC[C@H]2COc3ccccc3O2)cc1. The van der Waals surface area contributed by atoms with E-state index in [0.717, 1.165) is 17.1 Å². The molecule has 1 atom stereocenters. The van der Waals surface area contributed by atoms with Gasteiger partial charge in [-0.3, -0.25) is 4.79 Å². The number of hydrogen-bond donors (Lipinski definition) is 1. The first-order chi connectivity index (χ1) is 12.6. The van der Waals surface area contributed by atoms with Crippen molar-refractivity contribution in [2.24, 2.45) is 0 Å². The van der Waals surface area contributed by atoms with Crippen molar-refractivity contribution in [1.29, 1.82) is 0 Å². The number of benzene rings is 2. The molecule has 0 fully saturated rings. The van der Waals surface area contributed by atoms with E-state index < -0.39 is 0 Å². The summed E-state index contributed by atoms with van der Waals surface area (Å²) >= 11 is 0. The number of carbonyl (C=O) groups is 1. The maximum Gasteiger partial charge on any atom is 0.244 e. The number of nitrogens with one attached hydrogen (secondary N) is 1. The van der Waals surface area contributed by atoms with Crippen molar-refractivity contribution in [3.05, 3.63) is 60.2 Å². The number of para-hydroxylation sites is 2. The van der Waals surface area contributed by atoms with Crippen LogP contribution in [0.15, 0.2) is 54.6 Å². The fourth-order valence-electron chi connectivity index (χ4n) is 2.54. The van der Waals surface area contributed by atoms with Gasteiger partial charge >= 0.3 is 0 Å². The molecule has 136 valence electrons. The Morgan fingerprint density at radius 1 is 1.19 bits per heavy atom. The lowest BCUT2D eigenvalue weighted by Crippen LogP contribution is -2.40. The number of ether oxygens (including phenoxy) is 3. The van der Waals surface area contributed by atoms with E-state index in [0.29, 0.717) is 18.9 Å². The Balaban J connectivity index is 1.46. The highest BCUT2D eigenvalue weighted by Crippen LogP contribution is 2.30. The molecule has 0 aliphatic carbocycles. The van der Waals surface area contributed by atoms with Gasteiger partial charge < -0.3 is 19.5 Å². The number of fused-ring (bicyclic) bond motifs is 1. The first kappa shape index (κ1) is 17.9. The Morgan fingerprint density at radius 2 is 1.92 bits per heavy atom. The molecule has 0 saturated carbocycles. The van der Waals surface area contributed by atoms with Crippen molar-refractivity contribution >= 4 is 12.0 Å². The molecule has 0 radical (unpaired) electrons. The average molecular weight is 353 g/mol. The van der Waals surface area contributed by atoms with Gasteiger partial charge in [0.15, 0.2) is 11.5 Å². The lowest BCUT2D eigenvalue weighted by Gasteiger charge is -2.26. The molecule has 5 nitrogen and oxygen atoms in total. The van der Waals surface area contributed by atoms with Crippen molar-refractivity contribution in [2.75, 3.05) is 13.2 Å². The van der Waals surface area contributed by atoms with Gasteiger partial charge in [-0.1, -0.05) is 24.3 Å². The van der Waals surface area contributed by atoms with E-state index in [4.69, 9.17) is 14.2 Å². The number of hydrogen-bond acceptors (Lipinski definition) is 4. The molecule has 2 aromatic carbocycles. The van der Waals surface area contributed by atoms with E-state index in [9.17, 15) is 4.79 Å². The third kappa shape index (κ3) is 5.02. The molecular weight excluding hydrogens is 330 g/mol. The van der Waals surface area contributed by atoms with Crippen LogP contribution in [0.25, 0.3) is 6.08 Å². The molecule has 3 rings (SSSR count). The molecule has 1 N–H and O–H groups in total. The van der Waals surface area contributed by atoms with E-state index in [1.54, 1.807) is 6.08 Å². The molecule has 1 aliphatic rings. The Kier molecular flexibility index (Phi) is 5.79. The van der Waals surface area contributed by atoms with Gasteiger partial charge in [-0.25, -0.2) is 0 Å². The van der Waals surface area contributed by atoms with E-state index in [2.05, 4.69) is 5.32 Å². The summed E-state index contributed by atoms with van der Waals surface area (Å²) in [6, 6.07) is 15.1. The molecule has 0 bridgehead atoms. The van der Waals surface area contributed by atoms with Gasteiger partial charge in [-0.15, -0.1) is 0 Å². The molecule has 0 saturated heterocycles. The van der Waals surface area contributed by atoms with Gasteiger partial charge in [0.2, 0.25) is 5.91 Å². The predicted octanol–water partition coefficient (Wildman–Crippen LogP) is 3.44. The Hall–Kier alpha value is -2.95. The smallest absolute Gasteiger partial charge is 0.244 e. The number of amides is 1. The topological polar surface area (TPSA) is 56.8 Å². The summed E-state index contributed by atoms with van der Waals surface area (Å²) in [6.07, 6.45) is 3.22. The maximum absolute atomic E-state index is 12.0. The second-order valence-electron chi connectivity index (χ2n) is 6.31. The molecule has 5 heteroatoms. The van der Waals surface area contributed by atoms with Crippen LogP contribution in [-0.2, 0) is 4.79 Å². The summed E-state index contributed by atoms with van der Waals surface area (Å²) < 4.78 is 17.0.